The van der Waals surface area contributed by atoms with Crippen molar-refractivity contribution in [1.82, 2.24) is 10.2 Å². The second-order valence-electron chi connectivity index (χ2n) is 3.77. The minimum absolute atomic E-state index is 0.211. The highest BCUT2D eigenvalue weighted by Gasteiger charge is 2.17. The molecule has 4 heteroatoms. The van der Waals surface area contributed by atoms with Crippen LogP contribution in [0.4, 0.5) is 0 Å². The molecule has 1 fully saturated rings. The summed E-state index contributed by atoms with van der Waals surface area (Å²) in [5, 5.41) is 3.36. The fourth-order valence-electron chi connectivity index (χ4n) is 1.61. The van der Waals surface area contributed by atoms with Gasteiger partial charge in [0.2, 0.25) is 5.91 Å². The molecule has 14 heavy (non-hydrogen) atoms. The molecule has 1 rings (SSSR count). The maximum absolute atomic E-state index is 11.6. The quantitative estimate of drug-likeness (QED) is 0.709. The van der Waals surface area contributed by atoms with Crippen molar-refractivity contribution in [2.75, 3.05) is 33.4 Å². The molecule has 0 aromatic carbocycles. The van der Waals surface area contributed by atoms with Gasteiger partial charge in [-0.2, -0.15) is 0 Å². The van der Waals surface area contributed by atoms with Crippen molar-refractivity contribution in [1.29, 1.82) is 0 Å². The Morgan fingerprint density at radius 2 is 2.36 bits per heavy atom. The van der Waals surface area contributed by atoms with Gasteiger partial charge in [-0.1, -0.05) is 0 Å². The Balaban J connectivity index is 2.31. The summed E-state index contributed by atoms with van der Waals surface area (Å²) in [5.74, 6) is 0.211. The topological polar surface area (TPSA) is 41.6 Å². The standard InChI is InChI=1S/C10H20N2O2/c1-9-3-6-12(7-5-11-9)10(13)4-8-14-2/h9,11H,3-8H2,1-2H3. The van der Waals surface area contributed by atoms with Crippen molar-refractivity contribution in [3.63, 3.8) is 0 Å². The predicted octanol–water partition coefficient (Wildman–Crippen LogP) is 0.233. The molecule has 1 saturated heterocycles. The Labute approximate surface area is 85.6 Å². The summed E-state index contributed by atoms with van der Waals surface area (Å²) in [6, 6.07) is 0.523. The van der Waals surface area contributed by atoms with Gasteiger partial charge >= 0.3 is 0 Å². The van der Waals surface area contributed by atoms with E-state index in [1.165, 1.54) is 0 Å². The first-order valence-corrected chi connectivity index (χ1v) is 5.24. The molecule has 0 aliphatic carbocycles. The molecular weight excluding hydrogens is 180 g/mol. The third kappa shape index (κ3) is 3.64. The zero-order valence-electron chi connectivity index (χ0n) is 9.08. The molecule has 0 bridgehead atoms. The monoisotopic (exact) mass is 200 g/mol. The van der Waals surface area contributed by atoms with Gasteiger partial charge < -0.3 is 15.0 Å². The fraction of sp³-hybridized carbons (Fsp3) is 0.900. The van der Waals surface area contributed by atoms with E-state index < -0.39 is 0 Å². The van der Waals surface area contributed by atoms with Gasteiger partial charge in [-0.3, -0.25) is 4.79 Å². The Bertz CT molecular complexity index is 185. The predicted molar refractivity (Wildman–Crippen MR) is 55.2 cm³/mol. The van der Waals surface area contributed by atoms with Crippen LogP contribution in [0, 0.1) is 0 Å². The van der Waals surface area contributed by atoms with Gasteiger partial charge in [0.15, 0.2) is 0 Å². The molecule has 0 spiro atoms. The Hall–Kier alpha value is -0.610. The molecule has 1 N–H and O–H groups in total. The van der Waals surface area contributed by atoms with Crippen LogP contribution < -0.4 is 5.32 Å². The zero-order chi connectivity index (χ0) is 10.4. The molecule has 82 valence electrons. The number of rotatable bonds is 3. The van der Waals surface area contributed by atoms with Crippen LogP contribution in [0.1, 0.15) is 19.8 Å². The molecule has 4 nitrogen and oxygen atoms in total. The summed E-state index contributed by atoms with van der Waals surface area (Å²) < 4.78 is 4.89. The van der Waals surface area contributed by atoms with Gasteiger partial charge in [-0.25, -0.2) is 0 Å². The Morgan fingerprint density at radius 1 is 1.57 bits per heavy atom. The van der Waals surface area contributed by atoms with Gasteiger partial charge in [-0.05, 0) is 13.3 Å². The third-order valence-electron chi connectivity index (χ3n) is 2.58. The molecule has 0 aromatic heterocycles. The largest absolute Gasteiger partial charge is 0.384 e. The Morgan fingerprint density at radius 3 is 3.07 bits per heavy atom. The first-order valence-electron chi connectivity index (χ1n) is 5.24. The normalized spacial score (nSPS) is 23.3. The van der Waals surface area contributed by atoms with E-state index in [1.807, 2.05) is 4.90 Å². The highest BCUT2D eigenvalue weighted by Crippen LogP contribution is 2.03. The number of amides is 1. The first-order chi connectivity index (χ1) is 6.74. The molecule has 1 amide bonds. The van der Waals surface area contributed by atoms with Crippen LogP contribution in [0.3, 0.4) is 0 Å². The lowest BCUT2D eigenvalue weighted by atomic mass is 10.2. The van der Waals surface area contributed by atoms with Gasteiger partial charge in [0, 0.05) is 32.8 Å². The van der Waals surface area contributed by atoms with E-state index in [-0.39, 0.29) is 5.91 Å². The number of carbonyl (C=O) groups is 1. The van der Waals surface area contributed by atoms with E-state index in [9.17, 15) is 4.79 Å². The van der Waals surface area contributed by atoms with Crippen molar-refractivity contribution in [2.45, 2.75) is 25.8 Å². The highest BCUT2D eigenvalue weighted by atomic mass is 16.5. The van der Waals surface area contributed by atoms with E-state index in [0.717, 1.165) is 26.1 Å². The molecule has 1 aliphatic rings. The molecule has 1 heterocycles. The van der Waals surface area contributed by atoms with Crippen LogP contribution in [0.5, 0.6) is 0 Å². The van der Waals surface area contributed by atoms with Crippen molar-refractivity contribution in [3.8, 4) is 0 Å². The third-order valence-corrected chi connectivity index (χ3v) is 2.58. The number of hydrogen-bond donors (Lipinski definition) is 1. The summed E-state index contributed by atoms with van der Waals surface area (Å²) in [7, 11) is 1.62. The fourth-order valence-corrected chi connectivity index (χ4v) is 1.61. The minimum atomic E-state index is 0.211. The lowest BCUT2D eigenvalue weighted by molar-refractivity contribution is -0.131. The van der Waals surface area contributed by atoms with E-state index in [0.29, 0.717) is 19.1 Å². The van der Waals surface area contributed by atoms with Crippen LogP contribution in [0.2, 0.25) is 0 Å². The van der Waals surface area contributed by atoms with E-state index in [2.05, 4.69) is 12.2 Å². The average Bonchev–Trinajstić information content (AvgIpc) is 2.39. The van der Waals surface area contributed by atoms with E-state index in [1.54, 1.807) is 7.11 Å². The van der Waals surface area contributed by atoms with Gasteiger partial charge in [0.25, 0.3) is 0 Å². The van der Waals surface area contributed by atoms with E-state index >= 15 is 0 Å². The smallest absolute Gasteiger partial charge is 0.224 e. The highest BCUT2D eigenvalue weighted by molar-refractivity contribution is 5.76. The lowest BCUT2D eigenvalue weighted by Crippen LogP contribution is -2.34. The number of nitrogens with one attached hydrogen (secondary N) is 1. The van der Waals surface area contributed by atoms with Gasteiger partial charge in [-0.15, -0.1) is 0 Å². The van der Waals surface area contributed by atoms with Crippen molar-refractivity contribution in [2.24, 2.45) is 0 Å². The first kappa shape index (κ1) is 11.5. The maximum atomic E-state index is 11.6. The van der Waals surface area contributed by atoms with Crippen molar-refractivity contribution >= 4 is 5.91 Å². The molecule has 0 saturated carbocycles. The van der Waals surface area contributed by atoms with Crippen LogP contribution in [-0.2, 0) is 9.53 Å². The molecule has 0 radical (unpaired) electrons. The summed E-state index contributed by atoms with van der Waals surface area (Å²) in [4.78, 5) is 13.6. The lowest BCUT2D eigenvalue weighted by Gasteiger charge is -2.19. The van der Waals surface area contributed by atoms with Crippen LogP contribution >= 0.6 is 0 Å². The van der Waals surface area contributed by atoms with Crippen LogP contribution in [0.25, 0.3) is 0 Å². The molecular formula is C10H20N2O2. The van der Waals surface area contributed by atoms with Crippen molar-refractivity contribution < 1.29 is 9.53 Å². The van der Waals surface area contributed by atoms with Gasteiger partial charge in [0.1, 0.15) is 0 Å². The maximum Gasteiger partial charge on any atom is 0.224 e. The second kappa shape index (κ2) is 5.98. The van der Waals surface area contributed by atoms with Crippen LogP contribution in [-0.4, -0.2) is 50.2 Å². The zero-order valence-corrected chi connectivity index (χ0v) is 9.08. The second-order valence-corrected chi connectivity index (χ2v) is 3.77. The van der Waals surface area contributed by atoms with Crippen LogP contribution in [0.15, 0.2) is 0 Å². The average molecular weight is 200 g/mol. The number of carbonyl (C=O) groups excluding carboxylic acids is 1. The number of ether oxygens (including phenoxy) is 1. The SMILES string of the molecule is COCCC(=O)N1CCNC(C)CC1. The number of hydrogen-bond acceptors (Lipinski definition) is 3. The van der Waals surface area contributed by atoms with Gasteiger partial charge in [0.05, 0.1) is 13.0 Å². The summed E-state index contributed by atoms with van der Waals surface area (Å²) in [6.45, 7) is 5.28. The molecule has 1 unspecified atom stereocenters. The van der Waals surface area contributed by atoms with Crippen molar-refractivity contribution in [3.05, 3.63) is 0 Å². The summed E-state index contributed by atoms with van der Waals surface area (Å²) >= 11 is 0. The summed E-state index contributed by atoms with van der Waals surface area (Å²) in [5.41, 5.74) is 0. The summed E-state index contributed by atoms with van der Waals surface area (Å²) in [6.07, 6.45) is 1.55. The molecule has 1 aliphatic heterocycles. The molecule has 0 aromatic rings. The number of nitrogens with zero attached hydrogens (tertiary/aromatic N) is 1. The van der Waals surface area contributed by atoms with E-state index in [4.69, 9.17) is 4.74 Å². The Kier molecular flexibility index (Phi) is 4.90. The minimum Gasteiger partial charge on any atom is -0.384 e. The molecule has 1 atom stereocenters. The number of methoxy groups -OCH3 is 1.